The number of hydrogen-bond donors (Lipinski definition) is 1. The van der Waals surface area contributed by atoms with E-state index in [-0.39, 0.29) is 6.10 Å². The van der Waals surface area contributed by atoms with Gasteiger partial charge in [0.2, 0.25) is 0 Å². The Bertz CT molecular complexity index is 423. The summed E-state index contributed by atoms with van der Waals surface area (Å²) in [5.41, 5.74) is 3.66. The van der Waals surface area contributed by atoms with Crippen molar-refractivity contribution < 1.29 is 9.84 Å². The Hall–Kier alpha value is -1.28. The largest absolute Gasteiger partial charge is 0.497 e. The van der Waals surface area contributed by atoms with Crippen molar-refractivity contribution in [2.24, 2.45) is 0 Å². The lowest BCUT2D eigenvalue weighted by molar-refractivity contribution is 0.192. The second-order valence-electron chi connectivity index (χ2n) is 4.91. The van der Waals surface area contributed by atoms with E-state index in [0.29, 0.717) is 5.92 Å². The molecule has 0 fully saturated rings. The van der Waals surface area contributed by atoms with Gasteiger partial charge in [0.25, 0.3) is 0 Å². The highest BCUT2D eigenvalue weighted by atomic mass is 16.5. The molecule has 0 saturated carbocycles. The molecule has 92 valence electrons. The first kappa shape index (κ1) is 12.2. The van der Waals surface area contributed by atoms with Crippen LogP contribution in [0.2, 0.25) is 0 Å². The zero-order valence-corrected chi connectivity index (χ0v) is 10.6. The van der Waals surface area contributed by atoms with E-state index in [2.05, 4.69) is 18.7 Å². The summed E-state index contributed by atoms with van der Waals surface area (Å²) in [5.74, 6) is 1.54. The van der Waals surface area contributed by atoms with Gasteiger partial charge in [-0.15, -0.1) is 0 Å². The van der Waals surface area contributed by atoms with Crippen molar-refractivity contribution in [2.45, 2.75) is 38.2 Å². The normalized spacial score (nSPS) is 19.1. The zero-order valence-electron chi connectivity index (χ0n) is 10.6. The maximum atomic E-state index is 9.71. The van der Waals surface area contributed by atoms with Crippen LogP contribution in [0.3, 0.4) is 0 Å². The van der Waals surface area contributed by atoms with Gasteiger partial charge < -0.3 is 9.84 Å². The number of benzene rings is 1. The highest BCUT2D eigenvalue weighted by Crippen LogP contribution is 2.40. The predicted molar refractivity (Wildman–Crippen MR) is 69.5 cm³/mol. The molecule has 0 radical (unpaired) electrons. The predicted octanol–water partition coefficient (Wildman–Crippen LogP) is 3.05. The van der Waals surface area contributed by atoms with Gasteiger partial charge in [-0.3, -0.25) is 0 Å². The van der Waals surface area contributed by atoms with E-state index in [9.17, 15) is 5.11 Å². The molecular weight excluding hydrogens is 212 g/mol. The first-order chi connectivity index (χ1) is 8.11. The first-order valence-electron chi connectivity index (χ1n) is 6.12. The summed E-state index contributed by atoms with van der Waals surface area (Å²) in [6.45, 7) is 5.66. The number of rotatable bonds is 5. The van der Waals surface area contributed by atoms with Gasteiger partial charge in [-0.2, -0.15) is 0 Å². The molecular formula is C15H20O2. The van der Waals surface area contributed by atoms with Gasteiger partial charge in [0, 0.05) is 0 Å². The van der Waals surface area contributed by atoms with Gasteiger partial charge in [0.15, 0.2) is 0 Å². The van der Waals surface area contributed by atoms with Crippen LogP contribution in [0, 0.1) is 0 Å². The lowest BCUT2D eigenvalue weighted by atomic mass is 9.74. The van der Waals surface area contributed by atoms with E-state index in [1.807, 2.05) is 13.0 Å². The average Bonchev–Trinajstić information content (AvgIpc) is 2.29. The Balaban J connectivity index is 1.92. The van der Waals surface area contributed by atoms with Gasteiger partial charge in [-0.1, -0.05) is 18.2 Å². The average molecular weight is 232 g/mol. The molecule has 2 nitrogen and oxygen atoms in total. The fourth-order valence-corrected chi connectivity index (χ4v) is 2.39. The molecule has 1 aliphatic rings. The van der Waals surface area contributed by atoms with E-state index in [4.69, 9.17) is 4.74 Å². The van der Waals surface area contributed by atoms with Crippen molar-refractivity contribution in [1.82, 2.24) is 0 Å². The number of methoxy groups -OCH3 is 1. The molecule has 1 N–H and O–H groups in total. The summed E-state index contributed by atoms with van der Waals surface area (Å²) in [7, 11) is 1.70. The minimum atomic E-state index is -0.350. The Morgan fingerprint density at radius 2 is 2.35 bits per heavy atom. The fourth-order valence-electron chi connectivity index (χ4n) is 2.39. The molecule has 1 aliphatic carbocycles. The summed E-state index contributed by atoms with van der Waals surface area (Å²) in [4.78, 5) is 0. The van der Waals surface area contributed by atoms with Gasteiger partial charge in [0.1, 0.15) is 5.75 Å². The summed E-state index contributed by atoms with van der Waals surface area (Å²) in [6, 6.07) is 6.27. The van der Waals surface area contributed by atoms with E-state index >= 15 is 0 Å². The Labute approximate surface area is 103 Å². The van der Waals surface area contributed by atoms with E-state index in [1.54, 1.807) is 7.11 Å². The number of aliphatic hydroxyl groups is 1. The topological polar surface area (TPSA) is 29.5 Å². The summed E-state index contributed by atoms with van der Waals surface area (Å²) < 4.78 is 5.20. The molecule has 2 atom stereocenters. The van der Waals surface area contributed by atoms with E-state index in [1.165, 1.54) is 11.1 Å². The second kappa shape index (κ2) is 4.92. The van der Waals surface area contributed by atoms with Crippen molar-refractivity contribution in [3.05, 3.63) is 41.5 Å². The molecule has 1 unspecified atom stereocenters. The Morgan fingerprint density at radius 1 is 1.59 bits per heavy atom. The molecule has 0 saturated heterocycles. The second-order valence-corrected chi connectivity index (χ2v) is 4.91. The molecule has 0 amide bonds. The lowest BCUT2D eigenvalue weighted by Crippen LogP contribution is -2.19. The van der Waals surface area contributed by atoms with Crippen LogP contribution in [0.5, 0.6) is 5.75 Å². The Kier molecular flexibility index (Phi) is 3.53. The SMILES string of the molecule is C=C(C)[C@@H](O)CCC1Cc2cc(OC)ccc21. The highest BCUT2D eigenvalue weighted by Gasteiger charge is 2.26. The van der Waals surface area contributed by atoms with E-state index < -0.39 is 0 Å². The van der Waals surface area contributed by atoms with Gasteiger partial charge in [0.05, 0.1) is 13.2 Å². The molecule has 2 heteroatoms. The monoisotopic (exact) mass is 232 g/mol. The van der Waals surface area contributed by atoms with Crippen molar-refractivity contribution in [3.8, 4) is 5.75 Å². The smallest absolute Gasteiger partial charge is 0.119 e. The molecule has 0 spiro atoms. The van der Waals surface area contributed by atoms with Gasteiger partial charge >= 0.3 is 0 Å². The summed E-state index contributed by atoms with van der Waals surface area (Å²) in [6.07, 6.45) is 2.60. The summed E-state index contributed by atoms with van der Waals surface area (Å²) >= 11 is 0. The Morgan fingerprint density at radius 3 is 2.94 bits per heavy atom. The van der Waals surface area contributed by atoms with Crippen molar-refractivity contribution in [2.75, 3.05) is 7.11 Å². The van der Waals surface area contributed by atoms with Crippen LogP contribution in [-0.4, -0.2) is 18.3 Å². The van der Waals surface area contributed by atoms with Crippen LogP contribution in [0.4, 0.5) is 0 Å². The molecule has 1 aromatic rings. The van der Waals surface area contributed by atoms with Crippen molar-refractivity contribution >= 4 is 0 Å². The fraction of sp³-hybridized carbons (Fsp3) is 0.467. The number of fused-ring (bicyclic) bond motifs is 1. The highest BCUT2D eigenvalue weighted by molar-refractivity contribution is 5.44. The standard InChI is InChI=1S/C15H20O2/c1-10(2)15(16)7-4-11-8-12-9-13(17-3)5-6-14(11)12/h5-6,9,11,15-16H,1,4,7-8H2,2-3H3/t11?,15-/m0/s1. The quantitative estimate of drug-likeness (QED) is 0.791. The van der Waals surface area contributed by atoms with Crippen LogP contribution in [0.25, 0.3) is 0 Å². The third kappa shape index (κ3) is 2.52. The van der Waals surface area contributed by atoms with Crippen LogP contribution >= 0.6 is 0 Å². The van der Waals surface area contributed by atoms with Crippen LogP contribution in [0.1, 0.15) is 36.8 Å². The number of hydrogen-bond acceptors (Lipinski definition) is 2. The molecule has 17 heavy (non-hydrogen) atoms. The lowest BCUT2D eigenvalue weighted by Gasteiger charge is -2.31. The molecule has 0 bridgehead atoms. The summed E-state index contributed by atoms with van der Waals surface area (Å²) in [5, 5.41) is 9.71. The zero-order chi connectivity index (χ0) is 12.4. The van der Waals surface area contributed by atoms with Gasteiger partial charge in [-0.25, -0.2) is 0 Å². The van der Waals surface area contributed by atoms with E-state index in [0.717, 1.165) is 30.6 Å². The maximum Gasteiger partial charge on any atom is 0.119 e. The van der Waals surface area contributed by atoms with Crippen molar-refractivity contribution in [1.29, 1.82) is 0 Å². The molecule has 2 rings (SSSR count). The van der Waals surface area contributed by atoms with Gasteiger partial charge in [-0.05, 0) is 55.4 Å². The molecule has 0 aliphatic heterocycles. The molecule has 1 aromatic carbocycles. The maximum absolute atomic E-state index is 9.71. The third-order valence-electron chi connectivity index (χ3n) is 3.61. The van der Waals surface area contributed by atoms with Crippen LogP contribution < -0.4 is 4.74 Å². The van der Waals surface area contributed by atoms with Crippen LogP contribution in [0.15, 0.2) is 30.4 Å². The first-order valence-corrected chi connectivity index (χ1v) is 6.12. The molecule has 0 aromatic heterocycles. The van der Waals surface area contributed by atoms with Crippen molar-refractivity contribution in [3.63, 3.8) is 0 Å². The van der Waals surface area contributed by atoms with Crippen LogP contribution in [-0.2, 0) is 6.42 Å². The molecule has 0 heterocycles. The number of aliphatic hydroxyl groups excluding tert-OH is 1. The minimum absolute atomic E-state index is 0.350. The third-order valence-corrected chi connectivity index (χ3v) is 3.61. The number of ether oxygens (including phenoxy) is 1. The minimum Gasteiger partial charge on any atom is -0.497 e.